The van der Waals surface area contributed by atoms with E-state index in [4.69, 9.17) is 0 Å². The Hall–Kier alpha value is -1.39. The van der Waals surface area contributed by atoms with E-state index in [-0.39, 0.29) is 11.9 Å². The molecular weight excluding hydrogens is 256 g/mol. The normalized spacial score (nSPS) is 23.5. The van der Waals surface area contributed by atoms with E-state index in [0.29, 0.717) is 6.04 Å². The van der Waals surface area contributed by atoms with Crippen LogP contribution in [0.25, 0.3) is 10.1 Å². The van der Waals surface area contributed by atoms with E-state index in [0.717, 1.165) is 18.7 Å². The summed E-state index contributed by atoms with van der Waals surface area (Å²) in [6, 6.07) is 9.05. The van der Waals surface area contributed by atoms with E-state index in [1.807, 2.05) is 4.90 Å². The second-order valence-corrected chi connectivity index (χ2v) is 6.36. The van der Waals surface area contributed by atoms with Gasteiger partial charge in [-0.15, -0.1) is 11.3 Å². The Bertz CT molecular complexity index is 632. The van der Waals surface area contributed by atoms with Gasteiger partial charge < -0.3 is 10.2 Å². The highest BCUT2D eigenvalue weighted by molar-refractivity contribution is 7.17. The summed E-state index contributed by atoms with van der Waals surface area (Å²) in [7, 11) is 0. The van der Waals surface area contributed by atoms with Gasteiger partial charge in [0.05, 0.1) is 6.04 Å². The highest BCUT2D eigenvalue weighted by atomic mass is 32.1. The summed E-state index contributed by atoms with van der Waals surface area (Å²) < 4.78 is 1.28. The number of hydrogen-bond acceptors (Lipinski definition) is 3. The number of hydrogen-bond donors (Lipinski definition) is 1. The van der Waals surface area contributed by atoms with Crippen molar-refractivity contribution in [2.75, 3.05) is 11.4 Å². The van der Waals surface area contributed by atoms with Crippen LogP contribution in [-0.2, 0) is 4.79 Å². The van der Waals surface area contributed by atoms with Crippen molar-refractivity contribution in [2.45, 2.75) is 31.3 Å². The number of fused-ring (bicyclic) bond motifs is 1. The number of amides is 1. The fraction of sp³-hybridized carbons (Fsp3) is 0.400. The topological polar surface area (TPSA) is 32.3 Å². The molecule has 4 heteroatoms. The lowest BCUT2D eigenvalue weighted by molar-refractivity contribution is -0.118. The predicted molar refractivity (Wildman–Crippen MR) is 78.7 cm³/mol. The molecule has 2 fully saturated rings. The van der Waals surface area contributed by atoms with Crippen molar-refractivity contribution in [2.24, 2.45) is 0 Å². The summed E-state index contributed by atoms with van der Waals surface area (Å²) in [6.45, 7) is 0.832. The fourth-order valence-corrected chi connectivity index (χ4v) is 3.52. The molecule has 98 valence electrons. The van der Waals surface area contributed by atoms with E-state index >= 15 is 0 Å². The first kappa shape index (κ1) is 11.4. The van der Waals surface area contributed by atoms with Gasteiger partial charge in [-0.25, -0.2) is 0 Å². The minimum Gasteiger partial charge on any atom is -0.311 e. The van der Waals surface area contributed by atoms with E-state index in [1.165, 1.54) is 22.9 Å². The predicted octanol–water partition coefficient (Wildman–Crippen LogP) is 2.76. The molecule has 1 saturated heterocycles. The van der Waals surface area contributed by atoms with Crippen LogP contribution in [0.3, 0.4) is 0 Å². The quantitative estimate of drug-likeness (QED) is 0.932. The van der Waals surface area contributed by atoms with Gasteiger partial charge >= 0.3 is 0 Å². The van der Waals surface area contributed by atoms with Crippen LogP contribution in [0.4, 0.5) is 5.69 Å². The van der Waals surface area contributed by atoms with Crippen LogP contribution in [0.5, 0.6) is 0 Å². The molecule has 2 heterocycles. The van der Waals surface area contributed by atoms with Gasteiger partial charge in [-0.1, -0.05) is 0 Å². The molecule has 4 rings (SSSR count). The molecule has 0 bridgehead atoms. The van der Waals surface area contributed by atoms with Crippen LogP contribution in [0.1, 0.15) is 19.3 Å². The third-order valence-electron chi connectivity index (χ3n) is 3.97. The zero-order valence-corrected chi connectivity index (χ0v) is 11.5. The van der Waals surface area contributed by atoms with Gasteiger partial charge in [-0.2, -0.15) is 0 Å². The Morgan fingerprint density at radius 1 is 1.21 bits per heavy atom. The van der Waals surface area contributed by atoms with Gasteiger partial charge in [0, 0.05) is 23.0 Å². The third-order valence-corrected chi connectivity index (χ3v) is 4.87. The molecule has 1 aromatic carbocycles. The molecule has 1 saturated carbocycles. The summed E-state index contributed by atoms with van der Waals surface area (Å²) in [5.74, 6) is 0.237. The minimum atomic E-state index is 0.0330. The molecule has 3 nitrogen and oxygen atoms in total. The minimum absolute atomic E-state index is 0.0330. The van der Waals surface area contributed by atoms with Crippen molar-refractivity contribution in [1.82, 2.24) is 5.32 Å². The highest BCUT2D eigenvalue weighted by Gasteiger charge is 2.36. The molecule has 1 N–H and O–H groups in total. The maximum absolute atomic E-state index is 12.4. The molecule has 1 amide bonds. The van der Waals surface area contributed by atoms with Crippen LogP contribution in [-0.4, -0.2) is 24.5 Å². The molecule has 0 radical (unpaired) electrons. The molecule has 19 heavy (non-hydrogen) atoms. The Balaban J connectivity index is 1.59. The molecule has 1 aliphatic carbocycles. The molecule has 2 aliphatic rings. The van der Waals surface area contributed by atoms with E-state index in [1.54, 1.807) is 11.3 Å². The largest absolute Gasteiger partial charge is 0.311 e. The maximum atomic E-state index is 12.4. The summed E-state index contributed by atoms with van der Waals surface area (Å²) in [6.07, 6.45) is 3.38. The van der Waals surface area contributed by atoms with Gasteiger partial charge in [-0.05, 0) is 54.3 Å². The lowest BCUT2D eigenvalue weighted by atomic mass is 10.2. The first-order valence-electron chi connectivity index (χ1n) is 6.86. The summed E-state index contributed by atoms with van der Waals surface area (Å²) in [4.78, 5) is 14.3. The lowest BCUT2D eigenvalue weighted by Crippen LogP contribution is -2.39. The second kappa shape index (κ2) is 4.32. The van der Waals surface area contributed by atoms with Crippen molar-refractivity contribution in [3.05, 3.63) is 29.6 Å². The molecule has 1 aromatic heterocycles. The van der Waals surface area contributed by atoms with E-state index in [9.17, 15) is 4.79 Å². The molecule has 1 aliphatic heterocycles. The number of rotatable bonds is 3. The number of nitrogens with one attached hydrogen (secondary N) is 1. The van der Waals surface area contributed by atoms with Crippen LogP contribution >= 0.6 is 11.3 Å². The van der Waals surface area contributed by atoms with Gasteiger partial charge in [0.1, 0.15) is 0 Å². The zero-order chi connectivity index (χ0) is 12.8. The van der Waals surface area contributed by atoms with Crippen molar-refractivity contribution < 1.29 is 4.79 Å². The molecular formula is C15H16N2OS. The molecule has 2 aromatic rings. The Morgan fingerprint density at radius 2 is 2.11 bits per heavy atom. The van der Waals surface area contributed by atoms with Crippen molar-refractivity contribution in [3.63, 3.8) is 0 Å². The Morgan fingerprint density at radius 3 is 2.95 bits per heavy atom. The number of anilines is 1. The summed E-state index contributed by atoms with van der Waals surface area (Å²) in [5.41, 5.74) is 1.04. The molecule has 1 unspecified atom stereocenters. The van der Waals surface area contributed by atoms with Crippen LogP contribution < -0.4 is 10.2 Å². The van der Waals surface area contributed by atoms with E-state index < -0.39 is 0 Å². The fourth-order valence-electron chi connectivity index (χ4n) is 2.75. The van der Waals surface area contributed by atoms with Crippen LogP contribution in [0.2, 0.25) is 0 Å². The highest BCUT2D eigenvalue weighted by Crippen LogP contribution is 2.29. The smallest absolute Gasteiger partial charge is 0.244 e. The average molecular weight is 272 g/mol. The van der Waals surface area contributed by atoms with Gasteiger partial charge in [-0.3, -0.25) is 4.79 Å². The second-order valence-electron chi connectivity index (χ2n) is 5.41. The zero-order valence-electron chi connectivity index (χ0n) is 10.6. The molecule has 0 spiro atoms. The van der Waals surface area contributed by atoms with Crippen molar-refractivity contribution >= 4 is 33.0 Å². The summed E-state index contributed by atoms with van der Waals surface area (Å²) in [5, 5.41) is 6.77. The lowest BCUT2D eigenvalue weighted by Gasteiger charge is -2.17. The monoisotopic (exact) mass is 272 g/mol. The third kappa shape index (κ3) is 2.05. The Labute approximate surface area is 116 Å². The van der Waals surface area contributed by atoms with Gasteiger partial charge in [0.15, 0.2) is 0 Å². The number of nitrogens with zero attached hydrogens (tertiary/aromatic N) is 1. The van der Waals surface area contributed by atoms with Gasteiger partial charge in [0.2, 0.25) is 5.91 Å². The van der Waals surface area contributed by atoms with Crippen molar-refractivity contribution in [1.29, 1.82) is 0 Å². The van der Waals surface area contributed by atoms with Crippen LogP contribution in [0, 0.1) is 0 Å². The number of carbonyl (C=O) groups is 1. The summed E-state index contributed by atoms with van der Waals surface area (Å²) >= 11 is 1.74. The number of benzene rings is 1. The van der Waals surface area contributed by atoms with Crippen LogP contribution in [0.15, 0.2) is 29.6 Å². The number of thiophene rings is 1. The first-order valence-corrected chi connectivity index (χ1v) is 7.74. The molecule has 1 atom stereocenters. The van der Waals surface area contributed by atoms with Gasteiger partial charge in [0.25, 0.3) is 0 Å². The number of carbonyl (C=O) groups excluding carboxylic acids is 1. The first-order chi connectivity index (χ1) is 9.31. The maximum Gasteiger partial charge on any atom is 0.244 e. The SMILES string of the molecule is O=C1C(NC2CC2)CCN1c1ccc2sccc2c1. The average Bonchev–Trinajstić information content (AvgIpc) is 2.98. The Kier molecular flexibility index (Phi) is 2.60. The van der Waals surface area contributed by atoms with E-state index in [2.05, 4.69) is 35.0 Å². The van der Waals surface area contributed by atoms with Crippen molar-refractivity contribution in [3.8, 4) is 0 Å². The standard InChI is InChI=1S/C15H16N2OS/c18-15-13(16-11-1-2-11)5-7-17(15)12-3-4-14-10(9-12)6-8-19-14/h3-4,6,8-9,11,13,16H,1-2,5,7H2.